The normalized spacial score (nSPS) is 22.9. The summed E-state index contributed by atoms with van der Waals surface area (Å²) in [6.07, 6.45) is 5.35. The van der Waals surface area contributed by atoms with Gasteiger partial charge in [-0.1, -0.05) is 30.4 Å². The molecule has 1 aliphatic carbocycles. The van der Waals surface area contributed by atoms with Gasteiger partial charge in [-0.2, -0.15) is 0 Å². The molecule has 2 aromatic carbocycles. The van der Waals surface area contributed by atoms with Crippen molar-refractivity contribution in [1.29, 1.82) is 0 Å². The van der Waals surface area contributed by atoms with Gasteiger partial charge in [0.2, 0.25) is 0 Å². The molecule has 0 saturated heterocycles. The molecule has 0 radical (unpaired) electrons. The Morgan fingerprint density at radius 3 is 2.69 bits per heavy atom. The summed E-state index contributed by atoms with van der Waals surface area (Å²) in [5.74, 6) is 1.64. The topological polar surface area (TPSA) is 73.6 Å². The van der Waals surface area contributed by atoms with Gasteiger partial charge >= 0.3 is 5.69 Å². The number of nitro groups is 1. The van der Waals surface area contributed by atoms with Crippen molar-refractivity contribution in [2.45, 2.75) is 18.4 Å². The summed E-state index contributed by atoms with van der Waals surface area (Å²) in [5.41, 5.74) is 3.04. The number of ether oxygens (including phenoxy) is 2. The molecule has 1 N–H and O–H groups in total. The van der Waals surface area contributed by atoms with Gasteiger partial charge in [-0.3, -0.25) is 10.1 Å². The van der Waals surface area contributed by atoms with E-state index in [1.54, 1.807) is 19.2 Å². The maximum Gasteiger partial charge on any atom is 0.311 e. The SMILES string of the molecule is COc1ccc([C@H]2Nc3c(OC)cccc3[C@@H]3C=CC[C@H]23)cc1[N+](=O)[O-]. The van der Waals surface area contributed by atoms with Crippen LogP contribution in [0.15, 0.2) is 48.6 Å². The quantitative estimate of drug-likeness (QED) is 0.500. The number of fused-ring (bicyclic) bond motifs is 3. The monoisotopic (exact) mass is 352 g/mol. The van der Waals surface area contributed by atoms with E-state index in [1.807, 2.05) is 18.2 Å². The lowest BCUT2D eigenvalue weighted by molar-refractivity contribution is -0.385. The van der Waals surface area contributed by atoms with Crippen molar-refractivity contribution in [1.82, 2.24) is 0 Å². The summed E-state index contributed by atoms with van der Waals surface area (Å²) in [7, 11) is 3.10. The lowest BCUT2D eigenvalue weighted by Crippen LogP contribution is -2.29. The molecule has 134 valence electrons. The first-order chi connectivity index (χ1) is 12.6. The van der Waals surface area contributed by atoms with Gasteiger partial charge < -0.3 is 14.8 Å². The number of methoxy groups -OCH3 is 2. The van der Waals surface area contributed by atoms with Gasteiger partial charge in [-0.05, 0) is 35.6 Å². The minimum absolute atomic E-state index is 0.0138. The molecule has 1 aliphatic heterocycles. The van der Waals surface area contributed by atoms with Gasteiger partial charge in [0.25, 0.3) is 0 Å². The number of rotatable bonds is 4. The number of nitrogens with one attached hydrogen (secondary N) is 1. The molecule has 6 nitrogen and oxygen atoms in total. The highest BCUT2D eigenvalue weighted by Crippen LogP contribution is 2.52. The Morgan fingerprint density at radius 2 is 1.96 bits per heavy atom. The van der Waals surface area contributed by atoms with Crippen LogP contribution in [0.25, 0.3) is 0 Å². The summed E-state index contributed by atoms with van der Waals surface area (Å²) >= 11 is 0. The number of para-hydroxylation sites is 1. The molecule has 6 heteroatoms. The minimum atomic E-state index is -0.399. The molecule has 0 aromatic heterocycles. The van der Waals surface area contributed by atoms with Crippen molar-refractivity contribution in [3.8, 4) is 11.5 Å². The van der Waals surface area contributed by atoms with Crippen molar-refractivity contribution in [3.63, 3.8) is 0 Å². The zero-order valence-corrected chi connectivity index (χ0v) is 14.6. The molecule has 26 heavy (non-hydrogen) atoms. The Hall–Kier alpha value is -3.02. The van der Waals surface area contributed by atoms with Crippen LogP contribution in [0.4, 0.5) is 11.4 Å². The number of nitrogens with zero attached hydrogens (tertiary/aromatic N) is 1. The Morgan fingerprint density at radius 1 is 1.15 bits per heavy atom. The van der Waals surface area contributed by atoms with Crippen molar-refractivity contribution < 1.29 is 14.4 Å². The molecule has 0 bridgehead atoms. The predicted octanol–water partition coefficient (Wildman–Crippen LogP) is 4.44. The second kappa shape index (κ2) is 6.37. The second-order valence-corrected chi connectivity index (χ2v) is 6.59. The summed E-state index contributed by atoms with van der Waals surface area (Å²) in [5, 5.41) is 15.0. The van der Waals surface area contributed by atoms with Crippen LogP contribution in [-0.2, 0) is 0 Å². The van der Waals surface area contributed by atoms with E-state index in [0.717, 1.165) is 23.4 Å². The van der Waals surface area contributed by atoms with Crippen molar-refractivity contribution in [2.24, 2.45) is 5.92 Å². The number of benzene rings is 2. The molecule has 0 spiro atoms. The fourth-order valence-corrected chi connectivity index (χ4v) is 4.14. The van der Waals surface area contributed by atoms with Gasteiger partial charge in [-0.25, -0.2) is 0 Å². The zero-order chi connectivity index (χ0) is 18.3. The molecular weight excluding hydrogens is 332 g/mol. The Balaban J connectivity index is 1.80. The van der Waals surface area contributed by atoms with Gasteiger partial charge in [0.05, 0.1) is 30.9 Å². The highest BCUT2D eigenvalue weighted by Gasteiger charge is 2.39. The fraction of sp³-hybridized carbons (Fsp3) is 0.300. The van der Waals surface area contributed by atoms with Crippen LogP contribution in [0.1, 0.15) is 29.5 Å². The molecule has 4 rings (SSSR count). The van der Waals surface area contributed by atoms with Crippen LogP contribution < -0.4 is 14.8 Å². The van der Waals surface area contributed by atoms with E-state index in [1.165, 1.54) is 12.7 Å². The Labute approximate surface area is 151 Å². The second-order valence-electron chi connectivity index (χ2n) is 6.59. The van der Waals surface area contributed by atoms with Crippen LogP contribution in [0, 0.1) is 16.0 Å². The van der Waals surface area contributed by atoms with Gasteiger partial charge in [0.15, 0.2) is 5.75 Å². The van der Waals surface area contributed by atoms with Crippen LogP contribution in [0.3, 0.4) is 0 Å². The molecule has 0 unspecified atom stereocenters. The highest BCUT2D eigenvalue weighted by atomic mass is 16.6. The number of nitro benzene ring substituents is 1. The summed E-state index contributed by atoms with van der Waals surface area (Å²) in [6, 6.07) is 11.2. The summed E-state index contributed by atoms with van der Waals surface area (Å²) in [4.78, 5) is 11.0. The van der Waals surface area contributed by atoms with Crippen LogP contribution in [0.5, 0.6) is 11.5 Å². The number of hydrogen-bond acceptors (Lipinski definition) is 5. The maximum absolute atomic E-state index is 11.4. The maximum atomic E-state index is 11.4. The van der Waals surface area contributed by atoms with E-state index in [9.17, 15) is 10.1 Å². The smallest absolute Gasteiger partial charge is 0.311 e. The van der Waals surface area contributed by atoms with E-state index in [2.05, 4.69) is 23.5 Å². The zero-order valence-electron chi connectivity index (χ0n) is 14.6. The fourth-order valence-electron chi connectivity index (χ4n) is 4.14. The molecule has 1 heterocycles. The average molecular weight is 352 g/mol. The largest absolute Gasteiger partial charge is 0.495 e. The lowest BCUT2D eigenvalue weighted by atomic mass is 9.77. The predicted molar refractivity (Wildman–Crippen MR) is 99.0 cm³/mol. The minimum Gasteiger partial charge on any atom is -0.495 e. The van der Waals surface area contributed by atoms with Gasteiger partial charge in [-0.15, -0.1) is 0 Å². The van der Waals surface area contributed by atoms with E-state index in [0.29, 0.717) is 5.92 Å². The standard InChI is InChI=1S/C20H20N2O4/c1-25-17-10-9-12(11-16(17)22(23)24)19-14-6-3-5-13(14)15-7-4-8-18(26-2)20(15)21-19/h3-5,7-11,13-14,19,21H,6H2,1-2H3/t13-,14+,19-/m1/s1. The van der Waals surface area contributed by atoms with E-state index in [-0.39, 0.29) is 23.4 Å². The molecule has 0 fully saturated rings. The third-order valence-corrected chi connectivity index (χ3v) is 5.34. The molecule has 2 aromatic rings. The first kappa shape index (κ1) is 16.4. The highest BCUT2D eigenvalue weighted by molar-refractivity contribution is 5.68. The molecule has 0 saturated carbocycles. The molecular formula is C20H20N2O4. The molecule has 2 aliphatic rings. The third kappa shape index (κ3) is 2.49. The van der Waals surface area contributed by atoms with E-state index in [4.69, 9.17) is 9.47 Å². The summed E-state index contributed by atoms with van der Waals surface area (Å²) < 4.78 is 10.7. The number of allylic oxidation sites excluding steroid dienone is 2. The third-order valence-electron chi connectivity index (χ3n) is 5.34. The van der Waals surface area contributed by atoms with Gasteiger partial charge in [0.1, 0.15) is 5.75 Å². The molecule has 3 atom stereocenters. The van der Waals surface area contributed by atoms with Crippen molar-refractivity contribution in [2.75, 3.05) is 19.5 Å². The number of hydrogen-bond donors (Lipinski definition) is 1. The average Bonchev–Trinajstić information content (AvgIpc) is 3.16. The van der Waals surface area contributed by atoms with Crippen LogP contribution in [0.2, 0.25) is 0 Å². The molecule has 0 amide bonds. The lowest BCUT2D eigenvalue weighted by Gasteiger charge is -2.38. The van der Waals surface area contributed by atoms with E-state index < -0.39 is 4.92 Å². The Bertz CT molecular complexity index is 893. The van der Waals surface area contributed by atoms with Crippen molar-refractivity contribution >= 4 is 11.4 Å². The van der Waals surface area contributed by atoms with Crippen LogP contribution >= 0.6 is 0 Å². The van der Waals surface area contributed by atoms with E-state index >= 15 is 0 Å². The first-order valence-corrected chi connectivity index (χ1v) is 8.56. The van der Waals surface area contributed by atoms with Crippen molar-refractivity contribution in [3.05, 3.63) is 69.8 Å². The van der Waals surface area contributed by atoms with Crippen LogP contribution in [-0.4, -0.2) is 19.1 Å². The summed E-state index contributed by atoms with van der Waals surface area (Å²) in [6.45, 7) is 0. The first-order valence-electron chi connectivity index (χ1n) is 8.56. The number of anilines is 1. The van der Waals surface area contributed by atoms with Gasteiger partial charge in [0, 0.05) is 12.0 Å². The Kier molecular flexibility index (Phi) is 4.03.